The third kappa shape index (κ3) is 3.87. The Hall–Kier alpha value is -1.73. The van der Waals surface area contributed by atoms with Crippen molar-refractivity contribution in [3.8, 4) is 0 Å². The maximum Gasteiger partial charge on any atom is 0.277 e. The molecule has 1 aromatic carbocycles. The molecule has 0 aliphatic carbocycles. The Morgan fingerprint density at radius 1 is 1.42 bits per heavy atom. The lowest BCUT2D eigenvalue weighted by molar-refractivity contribution is 0.0972. The summed E-state index contributed by atoms with van der Waals surface area (Å²) in [4.78, 5) is 11.8. The second-order valence-corrected chi connectivity index (χ2v) is 5.12. The first kappa shape index (κ1) is 13.7. The third-order valence-corrected chi connectivity index (χ3v) is 2.95. The lowest BCUT2D eigenvalue weighted by Gasteiger charge is -2.08. The molecule has 0 saturated heterocycles. The largest absolute Gasteiger partial charge is 0.332 e. The van der Waals surface area contributed by atoms with Crippen molar-refractivity contribution in [2.45, 2.75) is 0 Å². The highest BCUT2D eigenvalue weighted by Gasteiger charge is 2.10. The minimum absolute atomic E-state index is 0.230. The third-order valence-electron chi connectivity index (χ3n) is 2.26. The molecule has 0 bridgehead atoms. The number of anilines is 1. The quantitative estimate of drug-likeness (QED) is 0.825. The van der Waals surface area contributed by atoms with Crippen molar-refractivity contribution in [3.05, 3.63) is 46.7 Å². The van der Waals surface area contributed by atoms with Crippen LogP contribution in [0.4, 0.5) is 5.69 Å². The van der Waals surface area contributed by atoms with E-state index in [2.05, 4.69) is 31.7 Å². The molecule has 0 spiro atoms. The summed E-state index contributed by atoms with van der Waals surface area (Å²) in [6, 6.07) is 9.11. The van der Waals surface area contributed by atoms with Crippen molar-refractivity contribution >= 4 is 44.9 Å². The van der Waals surface area contributed by atoms with Gasteiger partial charge in [0, 0.05) is 23.4 Å². The van der Waals surface area contributed by atoms with Gasteiger partial charge >= 0.3 is 0 Å². The maximum atomic E-state index is 11.8. The van der Waals surface area contributed by atoms with Crippen LogP contribution < -0.4 is 10.6 Å². The van der Waals surface area contributed by atoms with Crippen LogP contribution in [-0.4, -0.2) is 20.8 Å². The van der Waals surface area contributed by atoms with E-state index in [1.54, 1.807) is 24.0 Å². The molecule has 0 aliphatic rings. The van der Waals surface area contributed by atoms with E-state index in [4.69, 9.17) is 12.2 Å². The Morgan fingerprint density at radius 2 is 2.21 bits per heavy atom. The monoisotopic (exact) mass is 338 g/mol. The molecular formula is C12H11BrN4OS. The maximum absolute atomic E-state index is 11.8. The number of rotatable bonds is 2. The standard InChI is InChI=1S/C12H11BrN4OS/c1-17-6-5-10(16-17)11(18)15-12(19)14-9-4-2-3-8(13)7-9/h2-7H,1H3,(H2,14,15,18,19). The lowest BCUT2D eigenvalue weighted by atomic mass is 10.3. The van der Waals surface area contributed by atoms with E-state index in [-0.39, 0.29) is 11.0 Å². The number of nitrogens with zero attached hydrogens (tertiary/aromatic N) is 2. The van der Waals surface area contributed by atoms with Gasteiger partial charge in [-0.3, -0.25) is 14.8 Å². The van der Waals surface area contributed by atoms with Crippen LogP contribution >= 0.6 is 28.1 Å². The Morgan fingerprint density at radius 3 is 2.84 bits per heavy atom. The van der Waals surface area contributed by atoms with Crippen molar-refractivity contribution in [1.29, 1.82) is 0 Å². The number of halogens is 1. The number of hydrogen-bond acceptors (Lipinski definition) is 3. The van der Waals surface area contributed by atoms with E-state index in [1.807, 2.05) is 24.3 Å². The minimum Gasteiger partial charge on any atom is -0.332 e. The zero-order valence-corrected chi connectivity index (χ0v) is 12.5. The molecule has 0 saturated carbocycles. The van der Waals surface area contributed by atoms with Gasteiger partial charge in [0.1, 0.15) is 0 Å². The summed E-state index contributed by atoms with van der Waals surface area (Å²) in [5.74, 6) is -0.340. The highest BCUT2D eigenvalue weighted by Crippen LogP contribution is 2.15. The first-order chi connectivity index (χ1) is 9.04. The van der Waals surface area contributed by atoms with E-state index in [1.165, 1.54) is 0 Å². The van der Waals surface area contributed by atoms with Crippen LogP contribution in [-0.2, 0) is 7.05 Å². The number of carbonyl (C=O) groups is 1. The number of thiocarbonyl (C=S) groups is 1. The molecule has 0 unspecified atom stereocenters. The molecule has 1 amide bonds. The topological polar surface area (TPSA) is 59.0 Å². The van der Waals surface area contributed by atoms with Crippen LogP contribution in [0.3, 0.4) is 0 Å². The number of aromatic nitrogens is 2. The number of hydrogen-bond donors (Lipinski definition) is 2. The number of nitrogens with one attached hydrogen (secondary N) is 2. The first-order valence-electron chi connectivity index (χ1n) is 5.42. The SMILES string of the molecule is Cn1ccc(C(=O)NC(=S)Nc2cccc(Br)c2)n1. The Labute approximate surface area is 124 Å². The second-order valence-electron chi connectivity index (χ2n) is 3.79. The Kier molecular flexibility index (Phi) is 4.28. The molecule has 1 aromatic heterocycles. The number of carbonyl (C=O) groups excluding carboxylic acids is 1. The van der Waals surface area contributed by atoms with Gasteiger partial charge in [-0.25, -0.2) is 0 Å². The summed E-state index contributed by atoms with van der Waals surface area (Å²) in [6.45, 7) is 0. The predicted molar refractivity (Wildman–Crippen MR) is 81.0 cm³/mol. The van der Waals surface area contributed by atoms with Gasteiger partial charge in [0.25, 0.3) is 5.91 Å². The van der Waals surface area contributed by atoms with Gasteiger partial charge < -0.3 is 5.32 Å². The van der Waals surface area contributed by atoms with Crippen LogP contribution in [0, 0.1) is 0 Å². The Balaban J connectivity index is 1.96. The molecule has 0 fully saturated rings. The van der Waals surface area contributed by atoms with Crippen LogP contribution in [0.2, 0.25) is 0 Å². The first-order valence-corrected chi connectivity index (χ1v) is 6.62. The summed E-state index contributed by atoms with van der Waals surface area (Å²) >= 11 is 8.43. The molecule has 5 nitrogen and oxygen atoms in total. The summed E-state index contributed by atoms with van der Waals surface area (Å²) in [7, 11) is 1.74. The van der Waals surface area contributed by atoms with E-state index in [9.17, 15) is 4.79 Å². The summed E-state index contributed by atoms with van der Waals surface area (Å²) in [5.41, 5.74) is 1.11. The highest BCUT2D eigenvalue weighted by atomic mass is 79.9. The number of aryl methyl sites for hydroxylation is 1. The van der Waals surface area contributed by atoms with Gasteiger partial charge in [-0.1, -0.05) is 22.0 Å². The van der Waals surface area contributed by atoms with Gasteiger partial charge in [-0.2, -0.15) is 5.10 Å². The van der Waals surface area contributed by atoms with Crippen molar-refractivity contribution in [3.63, 3.8) is 0 Å². The van der Waals surface area contributed by atoms with E-state index in [0.29, 0.717) is 5.69 Å². The van der Waals surface area contributed by atoms with E-state index >= 15 is 0 Å². The number of amides is 1. The van der Waals surface area contributed by atoms with Crippen LogP contribution in [0.25, 0.3) is 0 Å². The van der Waals surface area contributed by atoms with Crippen LogP contribution in [0.15, 0.2) is 41.0 Å². The Bertz CT molecular complexity index is 626. The van der Waals surface area contributed by atoms with Crippen molar-refractivity contribution in [2.75, 3.05) is 5.32 Å². The van der Waals surface area contributed by atoms with E-state index < -0.39 is 0 Å². The van der Waals surface area contributed by atoms with Gasteiger partial charge in [-0.05, 0) is 36.5 Å². The fraction of sp³-hybridized carbons (Fsp3) is 0.0833. The van der Waals surface area contributed by atoms with Gasteiger partial charge in [0.15, 0.2) is 10.8 Å². The average molecular weight is 339 g/mol. The van der Waals surface area contributed by atoms with Crippen molar-refractivity contribution in [1.82, 2.24) is 15.1 Å². The summed E-state index contributed by atoms with van der Waals surface area (Å²) < 4.78 is 2.48. The van der Waals surface area contributed by atoms with Crippen molar-refractivity contribution < 1.29 is 4.79 Å². The van der Waals surface area contributed by atoms with Gasteiger partial charge in [0.2, 0.25) is 0 Å². The number of benzene rings is 1. The molecular weight excluding hydrogens is 328 g/mol. The van der Waals surface area contributed by atoms with Crippen LogP contribution in [0.5, 0.6) is 0 Å². The molecule has 0 atom stereocenters. The molecule has 1 heterocycles. The second kappa shape index (κ2) is 5.94. The van der Waals surface area contributed by atoms with Crippen molar-refractivity contribution in [2.24, 2.45) is 7.05 Å². The fourth-order valence-electron chi connectivity index (χ4n) is 1.43. The molecule has 98 valence electrons. The molecule has 7 heteroatoms. The molecule has 2 rings (SSSR count). The van der Waals surface area contributed by atoms with E-state index in [0.717, 1.165) is 10.2 Å². The van der Waals surface area contributed by atoms with Gasteiger partial charge in [0.05, 0.1) is 0 Å². The predicted octanol–water partition coefficient (Wildman–Crippen LogP) is 2.31. The van der Waals surface area contributed by atoms with Crippen LogP contribution in [0.1, 0.15) is 10.5 Å². The average Bonchev–Trinajstić information content (AvgIpc) is 2.75. The zero-order chi connectivity index (χ0) is 13.8. The molecule has 0 aliphatic heterocycles. The highest BCUT2D eigenvalue weighted by molar-refractivity contribution is 9.10. The molecule has 19 heavy (non-hydrogen) atoms. The molecule has 2 N–H and O–H groups in total. The fourth-order valence-corrected chi connectivity index (χ4v) is 2.04. The normalized spacial score (nSPS) is 10.0. The molecule has 2 aromatic rings. The van der Waals surface area contributed by atoms with Gasteiger partial charge in [-0.15, -0.1) is 0 Å². The zero-order valence-electron chi connectivity index (χ0n) is 10.1. The minimum atomic E-state index is -0.340. The summed E-state index contributed by atoms with van der Waals surface area (Å²) in [6.07, 6.45) is 1.69. The summed E-state index contributed by atoms with van der Waals surface area (Å²) in [5, 5.41) is 9.72. The smallest absolute Gasteiger partial charge is 0.277 e. The molecule has 0 radical (unpaired) electrons. The lowest BCUT2D eigenvalue weighted by Crippen LogP contribution is -2.34.